The molecule has 0 fully saturated rings. The molecule has 1 rings (SSSR count). The van der Waals surface area contributed by atoms with Gasteiger partial charge >= 0.3 is 5.97 Å². The number of halogens is 1. The Morgan fingerprint density at radius 3 is 2.69 bits per heavy atom. The van der Waals surface area contributed by atoms with Gasteiger partial charge in [-0.3, -0.25) is 0 Å². The van der Waals surface area contributed by atoms with E-state index in [0.717, 1.165) is 0 Å². The summed E-state index contributed by atoms with van der Waals surface area (Å²) in [5, 5.41) is 0.628. The highest BCUT2D eigenvalue weighted by Gasteiger charge is 2.02. The predicted molar refractivity (Wildman–Crippen MR) is 62.7 cm³/mol. The summed E-state index contributed by atoms with van der Waals surface area (Å²) in [4.78, 5) is 11.2. The highest BCUT2D eigenvalue weighted by molar-refractivity contribution is 6.30. The molecule has 0 N–H and O–H groups in total. The second-order valence-electron chi connectivity index (χ2n) is 2.99. The third-order valence-corrected chi connectivity index (χ3v) is 2.00. The molecule has 0 aliphatic heterocycles. The van der Waals surface area contributed by atoms with E-state index in [1.54, 1.807) is 30.3 Å². The molecule has 0 amide bonds. The SMILES string of the molecule is C/C=C/COC(=O)COc1ccc(Cl)cc1. The molecule has 4 heteroatoms. The number of carbonyl (C=O) groups is 1. The Hall–Kier alpha value is -1.48. The molecule has 0 heterocycles. The minimum Gasteiger partial charge on any atom is -0.482 e. The van der Waals surface area contributed by atoms with E-state index in [1.165, 1.54) is 0 Å². The van der Waals surface area contributed by atoms with Crippen molar-refractivity contribution in [1.29, 1.82) is 0 Å². The number of rotatable bonds is 5. The smallest absolute Gasteiger partial charge is 0.344 e. The molecule has 0 bridgehead atoms. The highest BCUT2D eigenvalue weighted by atomic mass is 35.5. The van der Waals surface area contributed by atoms with Gasteiger partial charge in [-0.1, -0.05) is 23.8 Å². The van der Waals surface area contributed by atoms with Crippen molar-refractivity contribution in [2.75, 3.05) is 13.2 Å². The average Bonchev–Trinajstić information content (AvgIpc) is 2.29. The van der Waals surface area contributed by atoms with Crippen molar-refractivity contribution in [3.63, 3.8) is 0 Å². The van der Waals surface area contributed by atoms with Crippen LogP contribution < -0.4 is 4.74 Å². The zero-order valence-corrected chi connectivity index (χ0v) is 9.74. The van der Waals surface area contributed by atoms with Gasteiger partial charge in [0.05, 0.1) is 0 Å². The number of esters is 1. The van der Waals surface area contributed by atoms with E-state index < -0.39 is 5.97 Å². The van der Waals surface area contributed by atoms with Crippen molar-refractivity contribution in [2.45, 2.75) is 6.92 Å². The lowest BCUT2D eigenvalue weighted by Gasteiger charge is -2.05. The summed E-state index contributed by atoms with van der Waals surface area (Å²) in [5.74, 6) is 0.195. The summed E-state index contributed by atoms with van der Waals surface area (Å²) in [5.41, 5.74) is 0. The third kappa shape index (κ3) is 4.84. The largest absolute Gasteiger partial charge is 0.482 e. The lowest BCUT2D eigenvalue weighted by atomic mass is 10.3. The summed E-state index contributed by atoms with van der Waals surface area (Å²) in [6.07, 6.45) is 3.56. The van der Waals surface area contributed by atoms with Gasteiger partial charge in [-0.15, -0.1) is 0 Å². The standard InChI is InChI=1S/C12H13ClO3/c1-2-3-8-15-12(14)9-16-11-6-4-10(13)5-7-11/h2-7H,8-9H2,1H3/b3-2+. The molecule has 0 spiro atoms. The minimum absolute atomic E-state index is 0.0980. The second-order valence-corrected chi connectivity index (χ2v) is 3.43. The minimum atomic E-state index is -0.395. The molecule has 0 radical (unpaired) electrons. The van der Waals surface area contributed by atoms with Gasteiger partial charge < -0.3 is 9.47 Å². The Bertz CT molecular complexity index is 357. The summed E-state index contributed by atoms with van der Waals surface area (Å²) >= 11 is 5.70. The summed E-state index contributed by atoms with van der Waals surface area (Å²) in [6, 6.07) is 6.78. The van der Waals surface area contributed by atoms with E-state index in [2.05, 4.69) is 0 Å². The number of hydrogen-bond acceptors (Lipinski definition) is 3. The van der Waals surface area contributed by atoms with Crippen molar-refractivity contribution in [1.82, 2.24) is 0 Å². The van der Waals surface area contributed by atoms with Gasteiger partial charge in [0, 0.05) is 5.02 Å². The average molecular weight is 241 g/mol. The maximum absolute atomic E-state index is 11.2. The summed E-state index contributed by atoms with van der Waals surface area (Å²) in [7, 11) is 0. The van der Waals surface area contributed by atoms with E-state index in [1.807, 2.05) is 13.0 Å². The molecule has 0 aliphatic carbocycles. The van der Waals surface area contributed by atoms with Crippen molar-refractivity contribution >= 4 is 17.6 Å². The fourth-order valence-corrected chi connectivity index (χ4v) is 1.08. The van der Waals surface area contributed by atoms with Crippen LogP contribution in [0.5, 0.6) is 5.75 Å². The van der Waals surface area contributed by atoms with Crippen molar-refractivity contribution < 1.29 is 14.3 Å². The number of hydrogen-bond donors (Lipinski definition) is 0. The predicted octanol–water partition coefficient (Wildman–Crippen LogP) is 2.84. The molecule has 0 saturated heterocycles. The maximum atomic E-state index is 11.2. The zero-order valence-electron chi connectivity index (χ0n) is 8.98. The van der Waals surface area contributed by atoms with Gasteiger partial charge in [-0.25, -0.2) is 4.79 Å². The van der Waals surface area contributed by atoms with Crippen LogP contribution >= 0.6 is 11.6 Å². The summed E-state index contributed by atoms with van der Waals surface area (Å²) in [6.45, 7) is 2.04. The third-order valence-electron chi connectivity index (χ3n) is 1.75. The molecule has 16 heavy (non-hydrogen) atoms. The van der Waals surface area contributed by atoms with Gasteiger partial charge in [0.1, 0.15) is 12.4 Å². The quantitative estimate of drug-likeness (QED) is 0.587. The normalized spacial score (nSPS) is 10.4. The maximum Gasteiger partial charge on any atom is 0.344 e. The fraction of sp³-hybridized carbons (Fsp3) is 0.250. The summed E-state index contributed by atoms with van der Waals surface area (Å²) < 4.78 is 10.0. The highest BCUT2D eigenvalue weighted by Crippen LogP contribution is 2.15. The van der Waals surface area contributed by atoms with Crippen LogP contribution in [0.2, 0.25) is 5.02 Å². The van der Waals surface area contributed by atoms with Crippen LogP contribution in [0.1, 0.15) is 6.92 Å². The Balaban J connectivity index is 2.28. The fourth-order valence-electron chi connectivity index (χ4n) is 0.952. The first kappa shape index (κ1) is 12.6. The van der Waals surface area contributed by atoms with Crippen molar-refractivity contribution in [2.24, 2.45) is 0 Å². The molecular formula is C12H13ClO3. The van der Waals surface area contributed by atoms with Crippen molar-refractivity contribution in [3.8, 4) is 5.75 Å². The van der Waals surface area contributed by atoms with E-state index in [0.29, 0.717) is 10.8 Å². The lowest BCUT2D eigenvalue weighted by molar-refractivity contribution is -0.144. The first-order valence-corrected chi connectivity index (χ1v) is 5.25. The van der Waals surface area contributed by atoms with Crippen LogP contribution in [-0.4, -0.2) is 19.2 Å². The molecule has 86 valence electrons. The molecule has 1 aromatic rings. The number of benzene rings is 1. The molecule has 3 nitrogen and oxygen atoms in total. The molecule has 0 atom stereocenters. The van der Waals surface area contributed by atoms with Crippen LogP contribution in [0.3, 0.4) is 0 Å². The zero-order chi connectivity index (χ0) is 11.8. The topological polar surface area (TPSA) is 35.5 Å². The number of carbonyl (C=O) groups excluding carboxylic acids is 1. The Morgan fingerprint density at radius 1 is 1.38 bits per heavy atom. The van der Waals surface area contributed by atoms with Gasteiger partial charge in [0.2, 0.25) is 0 Å². The lowest BCUT2D eigenvalue weighted by Crippen LogP contribution is -2.14. The van der Waals surface area contributed by atoms with Crippen LogP contribution in [0.4, 0.5) is 0 Å². The molecule has 0 aliphatic rings. The molecule has 0 saturated carbocycles. The van der Waals surface area contributed by atoms with Crippen LogP contribution in [-0.2, 0) is 9.53 Å². The Morgan fingerprint density at radius 2 is 2.06 bits per heavy atom. The molecular weight excluding hydrogens is 228 g/mol. The van der Waals surface area contributed by atoms with E-state index in [9.17, 15) is 4.79 Å². The number of allylic oxidation sites excluding steroid dienone is 1. The first-order chi connectivity index (χ1) is 7.72. The van der Waals surface area contributed by atoms with E-state index in [-0.39, 0.29) is 13.2 Å². The molecule has 0 unspecified atom stereocenters. The van der Waals surface area contributed by atoms with Gasteiger partial charge in [0.25, 0.3) is 0 Å². The van der Waals surface area contributed by atoms with E-state index in [4.69, 9.17) is 21.1 Å². The Kier molecular flexibility index (Phi) is 5.43. The van der Waals surface area contributed by atoms with Gasteiger partial charge in [-0.05, 0) is 31.2 Å². The van der Waals surface area contributed by atoms with Crippen molar-refractivity contribution in [3.05, 3.63) is 41.4 Å². The van der Waals surface area contributed by atoms with Gasteiger partial charge in [-0.2, -0.15) is 0 Å². The molecule has 1 aromatic carbocycles. The Labute approximate surface area is 99.6 Å². The van der Waals surface area contributed by atoms with Crippen LogP contribution in [0, 0.1) is 0 Å². The monoisotopic (exact) mass is 240 g/mol. The van der Waals surface area contributed by atoms with Crippen LogP contribution in [0.25, 0.3) is 0 Å². The second kappa shape index (κ2) is 6.90. The number of ether oxygens (including phenoxy) is 2. The first-order valence-electron chi connectivity index (χ1n) is 4.87. The van der Waals surface area contributed by atoms with E-state index >= 15 is 0 Å². The molecule has 0 aromatic heterocycles. The van der Waals surface area contributed by atoms with Gasteiger partial charge in [0.15, 0.2) is 6.61 Å². The van der Waals surface area contributed by atoms with Crippen LogP contribution in [0.15, 0.2) is 36.4 Å².